The normalized spacial score (nSPS) is 10.2. The van der Waals surface area contributed by atoms with E-state index in [0.717, 1.165) is 0 Å². The van der Waals surface area contributed by atoms with Gasteiger partial charge in [-0.1, -0.05) is 0 Å². The summed E-state index contributed by atoms with van der Waals surface area (Å²) in [5.74, 6) is -0.157. The molecule has 0 aliphatic heterocycles. The maximum atomic E-state index is 11.2. The average Bonchev–Trinajstić information content (AvgIpc) is 2.47. The molecule has 0 aliphatic rings. The molecular formula is C8H9ClO3. The largest absolute Gasteiger partial charge is 0.452 e. The van der Waals surface area contributed by atoms with Gasteiger partial charge < -0.3 is 9.15 Å². The second-order valence-electron chi connectivity index (χ2n) is 2.17. The summed E-state index contributed by atoms with van der Waals surface area (Å²) in [4.78, 5) is 11.2. The molecule has 1 aromatic heterocycles. The summed E-state index contributed by atoms with van der Waals surface area (Å²) in [6, 6.07) is 1.53. The SMILES string of the molecule is CCOCC(=O)c1ccoc1Cl. The lowest BCUT2D eigenvalue weighted by Gasteiger charge is -1.97. The van der Waals surface area contributed by atoms with E-state index in [1.54, 1.807) is 0 Å². The summed E-state index contributed by atoms with van der Waals surface area (Å²) < 4.78 is 9.68. The van der Waals surface area contributed by atoms with Gasteiger partial charge in [-0.2, -0.15) is 0 Å². The average molecular weight is 189 g/mol. The number of halogens is 1. The molecule has 0 bridgehead atoms. The zero-order valence-electron chi connectivity index (χ0n) is 6.67. The number of ether oxygens (including phenoxy) is 1. The molecule has 0 saturated carbocycles. The summed E-state index contributed by atoms with van der Waals surface area (Å²) in [7, 11) is 0. The molecule has 0 spiro atoms. The van der Waals surface area contributed by atoms with Crippen molar-refractivity contribution in [1.29, 1.82) is 0 Å². The van der Waals surface area contributed by atoms with Crippen LogP contribution in [0.1, 0.15) is 17.3 Å². The highest BCUT2D eigenvalue weighted by Gasteiger charge is 2.12. The van der Waals surface area contributed by atoms with E-state index >= 15 is 0 Å². The van der Waals surface area contributed by atoms with Gasteiger partial charge in [0.1, 0.15) is 6.61 Å². The highest BCUT2D eigenvalue weighted by Crippen LogP contribution is 2.16. The molecule has 3 nitrogen and oxygen atoms in total. The van der Waals surface area contributed by atoms with E-state index in [0.29, 0.717) is 12.2 Å². The predicted octanol–water partition coefficient (Wildman–Crippen LogP) is 2.15. The summed E-state index contributed by atoms with van der Waals surface area (Å²) in [5.41, 5.74) is 0.380. The maximum Gasteiger partial charge on any atom is 0.203 e. The van der Waals surface area contributed by atoms with Crippen molar-refractivity contribution in [3.63, 3.8) is 0 Å². The van der Waals surface area contributed by atoms with Crippen LogP contribution in [0.4, 0.5) is 0 Å². The second kappa shape index (κ2) is 4.28. The molecule has 0 aliphatic carbocycles. The molecule has 0 fully saturated rings. The standard InChI is InChI=1S/C8H9ClO3/c1-2-11-5-7(10)6-3-4-12-8(6)9/h3-4H,2,5H2,1H3. The topological polar surface area (TPSA) is 39.4 Å². The molecule has 66 valence electrons. The van der Waals surface area contributed by atoms with E-state index in [4.69, 9.17) is 20.8 Å². The molecule has 1 aromatic rings. The van der Waals surface area contributed by atoms with Crippen molar-refractivity contribution in [3.05, 3.63) is 23.1 Å². The minimum Gasteiger partial charge on any atom is -0.452 e. The first-order valence-electron chi connectivity index (χ1n) is 3.59. The zero-order chi connectivity index (χ0) is 8.97. The van der Waals surface area contributed by atoms with Gasteiger partial charge in [-0.3, -0.25) is 4.79 Å². The van der Waals surface area contributed by atoms with Crippen molar-refractivity contribution in [2.45, 2.75) is 6.92 Å². The monoisotopic (exact) mass is 188 g/mol. The fourth-order valence-corrected chi connectivity index (χ4v) is 0.986. The Kier molecular flexibility index (Phi) is 3.31. The van der Waals surface area contributed by atoms with Gasteiger partial charge in [0.25, 0.3) is 0 Å². The number of carbonyl (C=O) groups excluding carboxylic acids is 1. The van der Waals surface area contributed by atoms with E-state index in [1.807, 2.05) is 6.92 Å². The van der Waals surface area contributed by atoms with E-state index < -0.39 is 0 Å². The van der Waals surface area contributed by atoms with E-state index in [-0.39, 0.29) is 17.6 Å². The zero-order valence-corrected chi connectivity index (χ0v) is 7.43. The van der Waals surface area contributed by atoms with Crippen LogP contribution in [-0.4, -0.2) is 19.0 Å². The Morgan fingerprint density at radius 2 is 2.50 bits per heavy atom. The predicted molar refractivity (Wildman–Crippen MR) is 44.5 cm³/mol. The third-order valence-corrected chi connectivity index (χ3v) is 1.65. The van der Waals surface area contributed by atoms with E-state index in [1.165, 1.54) is 12.3 Å². The van der Waals surface area contributed by atoms with Gasteiger partial charge in [-0.15, -0.1) is 0 Å². The Bertz CT molecular complexity index is 267. The number of ketones is 1. The van der Waals surface area contributed by atoms with Crippen molar-refractivity contribution >= 4 is 17.4 Å². The third kappa shape index (κ3) is 2.09. The van der Waals surface area contributed by atoms with Crippen LogP contribution in [0, 0.1) is 0 Å². The summed E-state index contributed by atoms with van der Waals surface area (Å²) >= 11 is 5.57. The second-order valence-corrected chi connectivity index (χ2v) is 2.51. The molecule has 0 saturated heterocycles. The highest BCUT2D eigenvalue weighted by molar-refractivity contribution is 6.32. The number of rotatable bonds is 4. The van der Waals surface area contributed by atoms with Crippen LogP contribution < -0.4 is 0 Å². The third-order valence-electron chi connectivity index (χ3n) is 1.36. The van der Waals surface area contributed by atoms with E-state index in [2.05, 4.69) is 0 Å². The first kappa shape index (κ1) is 9.29. The molecule has 0 radical (unpaired) electrons. The van der Waals surface area contributed by atoms with Gasteiger partial charge in [0.05, 0.1) is 11.8 Å². The molecule has 4 heteroatoms. The molecule has 12 heavy (non-hydrogen) atoms. The number of carbonyl (C=O) groups is 1. The Morgan fingerprint density at radius 3 is 3.00 bits per heavy atom. The van der Waals surface area contributed by atoms with Gasteiger partial charge in [-0.05, 0) is 24.6 Å². The van der Waals surface area contributed by atoms with Crippen LogP contribution in [0.5, 0.6) is 0 Å². The number of hydrogen-bond acceptors (Lipinski definition) is 3. The molecule has 1 heterocycles. The van der Waals surface area contributed by atoms with Crippen molar-refractivity contribution in [2.24, 2.45) is 0 Å². The van der Waals surface area contributed by atoms with Gasteiger partial charge in [0.15, 0.2) is 5.78 Å². The maximum absolute atomic E-state index is 11.2. The smallest absolute Gasteiger partial charge is 0.203 e. The minimum absolute atomic E-state index is 0.0513. The molecule has 0 amide bonds. The van der Waals surface area contributed by atoms with Crippen molar-refractivity contribution in [2.75, 3.05) is 13.2 Å². The first-order valence-corrected chi connectivity index (χ1v) is 3.97. The quantitative estimate of drug-likeness (QED) is 0.680. The lowest BCUT2D eigenvalue weighted by atomic mass is 10.2. The van der Waals surface area contributed by atoms with Gasteiger partial charge in [0, 0.05) is 6.61 Å². The molecule has 0 aromatic carbocycles. The van der Waals surface area contributed by atoms with Crippen molar-refractivity contribution < 1.29 is 13.9 Å². The fourth-order valence-electron chi connectivity index (χ4n) is 0.766. The van der Waals surface area contributed by atoms with E-state index in [9.17, 15) is 4.79 Å². The van der Waals surface area contributed by atoms with Gasteiger partial charge >= 0.3 is 0 Å². The summed E-state index contributed by atoms with van der Waals surface area (Å²) in [6.07, 6.45) is 1.38. The molecule has 0 N–H and O–H groups in total. The molecule has 1 rings (SSSR count). The van der Waals surface area contributed by atoms with Crippen molar-refractivity contribution in [3.8, 4) is 0 Å². The van der Waals surface area contributed by atoms with Crippen molar-refractivity contribution in [1.82, 2.24) is 0 Å². The number of Topliss-reactive ketones (excluding diaryl/α,β-unsaturated/α-hetero) is 1. The minimum atomic E-state index is -0.157. The Labute approximate surface area is 75.3 Å². The molecule has 0 unspecified atom stereocenters. The highest BCUT2D eigenvalue weighted by atomic mass is 35.5. The first-order chi connectivity index (χ1) is 5.75. The lowest BCUT2D eigenvalue weighted by Crippen LogP contribution is -2.08. The Morgan fingerprint density at radius 1 is 1.75 bits per heavy atom. The van der Waals surface area contributed by atoms with Crippen LogP contribution >= 0.6 is 11.6 Å². The van der Waals surface area contributed by atoms with Gasteiger partial charge in [0.2, 0.25) is 5.22 Å². The lowest BCUT2D eigenvalue weighted by molar-refractivity contribution is 0.0783. The Hall–Kier alpha value is -0.800. The fraction of sp³-hybridized carbons (Fsp3) is 0.375. The van der Waals surface area contributed by atoms with Gasteiger partial charge in [-0.25, -0.2) is 0 Å². The summed E-state index contributed by atoms with van der Waals surface area (Å²) in [6.45, 7) is 2.39. The number of hydrogen-bond donors (Lipinski definition) is 0. The number of furan rings is 1. The van der Waals surface area contributed by atoms with Crippen LogP contribution in [0.2, 0.25) is 5.22 Å². The summed E-state index contributed by atoms with van der Waals surface area (Å²) in [5, 5.41) is 0.125. The Balaban J connectivity index is 2.59. The van der Waals surface area contributed by atoms with Crippen LogP contribution in [0.25, 0.3) is 0 Å². The molecule has 0 atom stereocenters. The molecular weight excluding hydrogens is 180 g/mol. The van der Waals surface area contributed by atoms with Crippen LogP contribution in [0.15, 0.2) is 16.7 Å². The van der Waals surface area contributed by atoms with Crippen LogP contribution in [-0.2, 0) is 4.74 Å². The van der Waals surface area contributed by atoms with Crippen LogP contribution in [0.3, 0.4) is 0 Å².